The molecule has 23 heavy (non-hydrogen) atoms. The molecule has 2 heterocycles. The standard InChI is InChI=1S/C11H7F3N4O4S/c1-22-6-4-16-10(23-6)17-9(19)5-2-3-15-8(11(12,13)14)7(5)18(20)21/h2-4H,1H3,(H,16,17,19). The van der Waals surface area contributed by atoms with E-state index in [9.17, 15) is 28.1 Å². The number of alkyl halides is 3. The Morgan fingerprint density at radius 2 is 2.13 bits per heavy atom. The Morgan fingerprint density at radius 3 is 2.65 bits per heavy atom. The van der Waals surface area contributed by atoms with Gasteiger partial charge in [0.15, 0.2) is 10.2 Å². The first-order valence-corrected chi connectivity index (χ1v) is 6.57. The summed E-state index contributed by atoms with van der Waals surface area (Å²) in [7, 11) is 1.36. The number of halogens is 3. The van der Waals surface area contributed by atoms with Crippen molar-refractivity contribution in [2.75, 3.05) is 12.4 Å². The Labute approximate surface area is 130 Å². The number of hydrogen-bond donors (Lipinski definition) is 1. The molecule has 2 rings (SSSR count). The van der Waals surface area contributed by atoms with Gasteiger partial charge in [-0.3, -0.25) is 20.2 Å². The van der Waals surface area contributed by atoms with Crippen molar-refractivity contribution in [3.05, 3.63) is 39.8 Å². The number of aromatic nitrogens is 2. The van der Waals surface area contributed by atoms with E-state index in [1.807, 2.05) is 0 Å². The van der Waals surface area contributed by atoms with Crippen LogP contribution in [0.1, 0.15) is 16.1 Å². The van der Waals surface area contributed by atoms with E-state index in [0.29, 0.717) is 11.3 Å². The summed E-state index contributed by atoms with van der Waals surface area (Å²) in [6, 6.07) is 0.827. The molecule has 0 aromatic carbocycles. The zero-order valence-corrected chi connectivity index (χ0v) is 12.1. The van der Waals surface area contributed by atoms with Crippen LogP contribution in [0.15, 0.2) is 18.5 Å². The third kappa shape index (κ3) is 3.53. The third-order valence-electron chi connectivity index (χ3n) is 2.53. The monoisotopic (exact) mass is 348 g/mol. The molecule has 0 aliphatic carbocycles. The molecule has 0 radical (unpaired) electrons. The molecule has 0 bridgehead atoms. The highest BCUT2D eigenvalue weighted by molar-refractivity contribution is 7.17. The number of nitro groups is 1. The summed E-state index contributed by atoms with van der Waals surface area (Å²) < 4.78 is 43.3. The van der Waals surface area contributed by atoms with E-state index in [2.05, 4.69) is 15.3 Å². The second-order valence-electron chi connectivity index (χ2n) is 3.95. The minimum absolute atomic E-state index is 0.0199. The lowest BCUT2D eigenvalue weighted by molar-refractivity contribution is -0.388. The molecule has 0 spiro atoms. The van der Waals surface area contributed by atoms with Gasteiger partial charge in [0, 0.05) is 6.20 Å². The van der Waals surface area contributed by atoms with Gasteiger partial charge in [0.2, 0.25) is 5.69 Å². The van der Waals surface area contributed by atoms with Gasteiger partial charge in [-0.15, -0.1) is 0 Å². The molecule has 2 aromatic heterocycles. The van der Waals surface area contributed by atoms with Crippen LogP contribution in [0.3, 0.4) is 0 Å². The zero-order valence-electron chi connectivity index (χ0n) is 11.2. The van der Waals surface area contributed by atoms with Gasteiger partial charge < -0.3 is 4.74 Å². The summed E-state index contributed by atoms with van der Waals surface area (Å²) in [5, 5.41) is 13.5. The van der Waals surface area contributed by atoms with Crippen molar-refractivity contribution >= 4 is 28.1 Å². The molecule has 1 amide bonds. The second kappa shape index (κ2) is 6.16. The first-order valence-electron chi connectivity index (χ1n) is 5.75. The number of thiazole rings is 1. The minimum atomic E-state index is -5.07. The maximum Gasteiger partial charge on any atom is 0.440 e. The summed E-state index contributed by atoms with van der Waals surface area (Å²) in [6.45, 7) is 0. The third-order valence-corrected chi connectivity index (χ3v) is 3.40. The van der Waals surface area contributed by atoms with Crippen molar-refractivity contribution < 1.29 is 27.6 Å². The van der Waals surface area contributed by atoms with Crippen LogP contribution in [0.2, 0.25) is 0 Å². The number of rotatable bonds is 4. The number of anilines is 1. The van der Waals surface area contributed by atoms with E-state index in [0.717, 1.165) is 17.4 Å². The van der Waals surface area contributed by atoms with Crippen molar-refractivity contribution in [1.29, 1.82) is 0 Å². The number of ether oxygens (including phenoxy) is 1. The number of carbonyl (C=O) groups is 1. The molecule has 122 valence electrons. The van der Waals surface area contributed by atoms with Crippen molar-refractivity contribution in [3.8, 4) is 5.06 Å². The van der Waals surface area contributed by atoms with Crippen molar-refractivity contribution in [1.82, 2.24) is 9.97 Å². The quantitative estimate of drug-likeness (QED) is 0.672. The average molecular weight is 348 g/mol. The Kier molecular flexibility index (Phi) is 4.45. The highest BCUT2D eigenvalue weighted by Crippen LogP contribution is 2.36. The zero-order chi connectivity index (χ0) is 17.2. The molecule has 1 N–H and O–H groups in total. The van der Waals surface area contributed by atoms with Gasteiger partial charge in [-0.1, -0.05) is 11.3 Å². The molecule has 8 nitrogen and oxygen atoms in total. The molecular formula is C11H7F3N4O4S. The fraction of sp³-hybridized carbons (Fsp3) is 0.182. The van der Waals surface area contributed by atoms with Crippen LogP contribution in [0, 0.1) is 10.1 Å². The van der Waals surface area contributed by atoms with Crippen LogP contribution in [0.4, 0.5) is 24.0 Å². The minimum Gasteiger partial charge on any atom is -0.486 e. The van der Waals surface area contributed by atoms with Crippen molar-refractivity contribution in [2.45, 2.75) is 6.18 Å². The van der Waals surface area contributed by atoms with Gasteiger partial charge >= 0.3 is 11.9 Å². The highest BCUT2D eigenvalue weighted by Gasteiger charge is 2.42. The lowest BCUT2D eigenvalue weighted by Crippen LogP contribution is -2.18. The lowest BCUT2D eigenvalue weighted by Gasteiger charge is -2.09. The van der Waals surface area contributed by atoms with Crippen LogP contribution < -0.4 is 10.1 Å². The normalized spacial score (nSPS) is 11.1. The van der Waals surface area contributed by atoms with E-state index >= 15 is 0 Å². The van der Waals surface area contributed by atoms with Gasteiger partial charge in [0.05, 0.1) is 18.2 Å². The number of amides is 1. The molecule has 0 fully saturated rings. The number of carbonyl (C=O) groups excluding carboxylic acids is 1. The summed E-state index contributed by atoms with van der Waals surface area (Å²) in [4.78, 5) is 28.4. The summed E-state index contributed by atoms with van der Waals surface area (Å²) in [5.74, 6) is -1.11. The Hall–Kier alpha value is -2.76. The first-order chi connectivity index (χ1) is 10.7. The predicted octanol–water partition coefficient (Wildman–Crippen LogP) is 2.73. The van der Waals surface area contributed by atoms with Gasteiger partial charge in [-0.2, -0.15) is 13.2 Å². The molecule has 0 unspecified atom stereocenters. The van der Waals surface area contributed by atoms with E-state index in [4.69, 9.17) is 4.74 Å². The van der Waals surface area contributed by atoms with Crippen molar-refractivity contribution in [2.24, 2.45) is 0 Å². The number of nitrogens with zero attached hydrogens (tertiary/aromatic N) is 3. The number of nitrogens with one attached hydrogen (secondary N) is 1. The fourth-order valence-electron chi connectivity index (χ4n) is 1.61. The molecule has 2 aromatic rings. The highest BCUT2D eigenvalue weighted by atomic mass is 32.1. The summed E-state index contributed by atoms with van der Waals surface area (Å²) in [6.07, 6.45) is -3.11. The van der Waals surface area contributed by atoms with E-state index in [1.54, 1.807) is 0 Å². The van der Waals surface area contributed by atoms with Crippen LogP contribution >= 0.6 is 11.3 Å². The molecule has 0 aliphatic rings. The maximum atomic E-state index is 12.8. The van der Waals surface area contributed by atoms with E-state index in [-0.39, 0.29) is 5.13 Å². The first kappa shape index (κ1) is 16.6. The molecule has 0 aliphatic heterocycles. The van der Waals surface area contributed by atoms with Crippen LogP contribution in [-0.4, -0.2) is 27.9 Å². The second-order valence-corrected chi connectivity index (χ2v) is 4.95. The average Bonchev–Trinajstić information content (AvgIpc) is 2.93. The van der Waals surface area contributed by atoms with Crippen LogP contribution in [0.25, 0.3) is 0 Å². The molecular weight excluding hydrogens is 341 g/mol. The molecule has 0 saturated heterocycles. The van der Waals surface area contributed by atoms with Gasteiger partial charge in [0.1, 0.15) is 5.56 Å². The Morgan fingerprint density at radius 1 is 1.43 bits per heavy atom. The summed E-state index contributed by atoms with van der Waals surface area (Å²) in [5.41, 5.74) is -3.93. The SMILES string of the molecule is COc1cnc(NC(=O)c2ccnc(C(F)(F)F)c2[N+](=O)[O-])s1. The molecule has 12 heteroatoms. The molecule has 0 atom stereocenters. The van der Waals surface area contributed by atoms with Gasteiger partial charge in [-0.25, -0.2) is 9.97 Å². The maximum absolute atomic E-state index is 12.8. The van der Waals surface area contributed by atoms with E-state index in [1.165, 1.54) is 13.3 Å². The van der Waals surface area contributed by atoms with E-state index < -0.39 is 34.0 Å². The van der Waals surface area contributed by atoms with Crippen LogP contribution in [-0.2, 0) is 6.18 Å². The Bertz CT molecular complexity index is 762. The summed E-state index contributed by atoms with van der Waals surface area (Å²) >= 11 is 0.907. The number of hydrogen-bond acceptors (Lipinski definition) is 7. The van der Waals surface area contributed by atoms with Gasteiger partial charge in [-0.05, 0) is 6.07 Å². The largest absolute Gasteiger partial charge is 0.486 e. The Balaban J connectivity index is 2.42. The predicted molar refractivity (Wildman–Crippen MR) is 72.5 cm³/mol. The molecule has 0 saturated carbocycles. The number of pyridine rings is 1. The van der Waals surface area contributed by atoms with Crippen molar-refractivity contribution in [3.63, 3.8) is 0 Å². The fourth-order valence-corrected chi connectivity index (χ4v) is 2.23. The number of methoxy groups -OCH3 is 1. The smallest absolute Gasteiger partial charge is 0.440 e. The topological polar surface area (TPSA) is 107 Å². The van der Waals surface area contributed by atoms with Crippen LogP contribution in [0.5, 0.6) is 5.06 Å². The lowest BCUT2D eigenvalue weighted by atomic mass is 10.1. The van der Waals surface area contributed by atoms with Gasteiger partial charge in [0.25, 0.3) is 5.91 Å².